The molecule has 0 atom stereocenters. The minimum Gasteiger partial charge on any atom is -0.469 e. The first-order valence-electron chi connectivity index (χ1n) is 25.3. The maximum absolute atomic E-state index is 13.5. The van der Waals surface area contributed by atoms with Gasteiger partial charge >= 0.3 is 53.8 Å². The molecule has 5 rings (SSSR count). The number of aromatic nitrogens is 4. The van der Waals surface area contributed by atoms with Gasteiger partial charge in [-0.1, -0.05) is 30.3 Å². The van der Waals surface area contributed by atoms with Crippen molar-refractivity contribution >= 4 is 66.0 Å². The topological polar surface area (TPSA) is 329 Å². The number of anilines is 1. The highest BCUT2D eigenvalue weighted by atomic mass is 16.6. The molecular weight excluding hydrogens is 1050 g/mol. The summed E-state index contributed by atoms with van der Waals surface area (Å²) in [6.45, 7) is -0.0788. The molecule has 0 bridgehead atoms. The van der Waals surface area contributed by atoms with Gasteiger partial charge in [0.25, 0.3) is 0 Å². The number of rotatable bonds is 30. The molecule has 0 aliphatic carbocycles. The van der Waals surface area contributed by atoms with Crippen LogP contribution in [0.5, 0.6) is 0 Å². The van der Waals surface area contributed by atoms with Crippen LogP contribution in [0.4, 0.5) is 10.6 Å². The Morgan fingerprint density at radius 3 is 1.11 bits per heavy atom. The standard InChI is InChI=1S/C56H67N5O19/c1-72-47(63)18-14-32-36(22-51(67)76-5)44(27-42-34(16-20-49(65)74-3)38(24-53(69)78-7)46(29-62)59-42)57-40(32)26-43-37(23-52(68)77-6)33(15-19-48(64)73-2)41(58-43)28-45-39(25-54(70)79-8)35(17-21-50(66)75-4)55(60-45)61-56(71)80-30-31-12-10-9-11-13-31/h9-13,29,57-60H,14-28,30H2,1-8H3,(H,61,71). The summed E-state index contributed by atoms with van der Waals surface area (Å²) in [7, 11) is 9.74. The van der Waals surface area contributed by atoms with E-state index in [9.17, 15) is 47.9 Å². The number of amides is 1. The third kappa shape index (κ3) is 16.8. The van der Waals surface area contributed by atoms with Crippen LogP contribution in [-0.2, 0) is 158 Å². The van der Waals surface area contributed by atoms with Crippen LogP contribution in [0.15, 0.2) is 30.3 Å². The van der Waals surface area contributed by atoms with Gasteiger partial charge in [-0.3, -0.25) is 48.5 Å². The molecular formula is C56H67N5O19. The van der Waals surface area contributed by atoms with E-state index in [1.807, 2.05) is 6.07 Å². The van der Waals surface area contributed by atoms with Crippen molar-refractivity contribution in [2.75, 3.05) is 62.2 Å². The minimum atomic E-state index is -0.855. The van der Waals surface area contributed by atoms with Gasteiger partial charge in [0, 0.05) is 79.1 Å². The summed E-state index contributed by atoms with van der Waals surface area (Å²) in [5, 5.41) is 2.73. The number of hydrogen-bond acceptors (Lipinski definition) is 19. The molecule has 5 N–H and O–H groups in total. The van der Waals surface area contributed by atoms with E-state index in [1.54, 1.807) is 24.3 Å². The number of hydrogen-bond donors (Lipinski definition) is 5. The van der Waals surface area contributed by atoms with Crippen LogP contribution < -0.4 is 5.32 Å². The normalized spacial score (nSPS) is 10.8. The molecule has 0 radical (unpaired) electrons. The van der Waals surface area contributed by atoms with Crippen molar-refractivity contribution in [2.24, 2.45) is 0 Å². The van der Waals surface area contributed by atoms with E-state index in [4.69, 9.17) is 42.6 Å². The lowest BCUT2D eigenvalue weighted by molar-refractivity contribution is -0.141. The van der Waals surface area contributed by atoms with Crippen LogP contribution in [-0.4, -0.2) is 137 Å². The summed E-state index contributed by atoms with van der Waals surface area (Å²) in [4.78, 5) is 143. The van der Waals surface area contributed by atoms with E-state index in [-0.39, 0.29) is 114 Å². The van der Waals surface area contributed by atoms with E-state index >= 15 is 0 Å². The van der Waals surface area contributed by atoms with Crippen LogP contribution in [0.3, 0.4) is 0 Å². The largest absolute Gasteiger partial charge is 0.469 e. The average Bonchev–Trinajstić information content (AvgIpc) is 4.18. The summed E-state index contributed by atoms with van der Waals surface area (Å²) in [5.74, 6) is -4.78. The molecule has 0 aliphatic rings. The third-order valence-corrected chi connectivity index (χ3v) is 13.5. The zero-order chi connectivity index (χ0) is 58.5. The number of aldehydes is 1. The molecule has 4 aromatic heterocycles. The van der Waals surface area contributed by atoms with Crippen molar-refractivity contribution in [1.29, 1.82) is 0 Å². The number of benzene rings is 1. The molecule has 24 nitrogen and oxygen atoms in total. The number of carbonyl (C=O) groups is 10. The predicted octanol–water partition coefficient (Wildman–Crippen LogP) is 4.62. The van der Waals surface area contributed by atoms with Gasteiger partial charge in [0.05, 0.1) is 88.3 Å². The molecule has 0 unspecified atom stereocenters. The van der Waals surface area contributed by atoms with Crippen LogP contribution in [0.2, 0.25) is 0 Å². The van der Waals surface area contributed by atoms with Gasteiger partial charge < -0.3 is 62.6 Å². The Kier molecular flexibility index (Phi) is 23.4. The first kappa shape index (κ1) is 61.9. The van der Waals surface area contributed by atoms with Gasteiger partial charge in [-0.05, 0) is 75.8 Å². The quantitative estimate of drug-likeness (QED) is 0.0238. The summed E-state index contributed by atoms with van der Waals surface area (Å²) in [6.07, 6.45) is -2.32. The maximum Gasteiger partial charge on any atom is 0.413 e. The summed E-state index contributed by atoms with van der Waals surface area (Å²) >= 11 is 0. The van der Waals surface area contributed by atoms with Gasteiger partial charge in [-0.15, -0.1) is 0 Å². The van der Waals surface area contributed by atoms with Gasteiger partial charge in [0.2, 0.25) is 0 Å². The number of methoxy groups -OCH3 is 8. The first-order valence-corrected chi connectivity index (χ1v) is 25.3. The fraction of sp³-hybridized carbons (Fsp3) is 0.429. The van der Waals surface area contributed by atoms with Gasteiger partial charge in [-0.2, -0.15) is 0 Å². The Morgan fingerprint density at radius 2 is 0.725 bits per heavy atom. The number of carbonyl (C=O) groups excluding carboxylic acids is 10. The lowest BCUT2D eigenvalue weighted by Crippen LogP contribution is -2.15. The fourth-order valence-electron chi connectivity index (χ4n) is 9.40. The molecule has 4 heterocycles. The molecule has 1 amide bonds. The van der Waals surface area contributed by atoms with Crippen molar-refractivity contribution < 1.29 is 90.6 Å². The van der Waals surface area contributed by atoms with Crippen LogP contribution in [0, 0.1) is 0 Å². The number of ether oxygens (including phenoxy) is 9. The Bertz CT molecular complexity index is 3050. The molecule has 0 saturated heterocycles. The lowest BCUT2D eigenvalue weighted by Gasteiger charge is -2.10. The van der Waals surface area contributed by atoms with Gasteiger partial charge in [0.1, 0.15) is 12.4 Å². The second-order valence-corrected chi connectivity index (χ2v) is 18.1. The number of aromatic amines is 4. The Labute approximate surface area is 460 Å². The second-order valence-electron chi connectivity index (χ2n) is 18.1. The molecule has 430 valence electrons. The molecule has 0 spiro atoms. The molecule has 5 aromatic rings. The summed E-state index contributed by atoms with van der Waals surface area (Å²) in [5.41, 5.74) is 6.54. The van der Waals surface area contributed by atoms with E-state index in [0.29, 0.717) is 90.5 Å². The highest BCUT2D eigenvalue weighted by Crippen LogP contribution is 2.35. The first-order chi connectivity index (χ1) is 38.4. The SMILES string of the molecule is COC(=O)CCc1c(Cc2[nH]c(Cc3[nH]c(Cc4[nH]c(NC(=O)OCc5ccccc5)c(CCC(=O)OC)c4CC(=O)OC)c(CCC(=O)OC)c3CC(=O)OC)c(CCC(=O)OC)c2CC(=O)OC)[nH]c(C=O)c1CC(=O)OC. The number of nitrogens with one attached hydrogen (secondary N) is 5. The molecule has 0 saturated carbocycles. The van der Waals surface area contributed by atoms with E-state index in [1.165, 1.54) is 56.9 Å². The summed E-state index contributed by atoms with van der Waals surface area (Å²) < 4.78 is 45.8. The monoisotopic (exact) mass is 1110 g/mol. The van der Waals surface area contributed by atoms with Gasteiger partial charge in [0.15, 0.2) is 6.29 Å². The van der Waals surface area contributed by atoms with E-state index < -0.39 is 53.8 Å². The highest BCUT2D eigenvalue weighted by Gasteiger charge is 2.30. The molecule has 24 heteroatoms. The van der Waals surface area contributed by atoms with Crippen LogP contribution in [0.1, 0.15) is 120 Å². The average molecular weight is 1110 g/mol. The Balaban J connectivity index is 1.76. The zero-order valence-corrected chi connectivity index (χ0v) is 46.0. The van der Waals surface area contributed by atoms with Crippen molar-refractivity contribution in [1.82, 2.24) is 19.9 Å². The predicted molar refractivity (Wildman–Crippen MR) is 281 cm³/mol. The minimum absolute atomic E-state index is 0.0108. The molecule has 0 aliphatic heterocycles. The van der Waals surface area contributed by atoms with Crippen molar-refractivity contribution in [3.63, 3.8) is 0 Å². The van der Waals surface area contributed by atoms with Crippen molar-refractivity contribution in [2.45, 2.75) is 103 Å². The van der Waals surface area contributed by atoms with E-state index in [0.717, 1.165) is 0 Å². The molecule has 80 heavy (non-hydrogen) atoms. The molecule has 0 fully saturated rings. The smallest absolute Gasteiger partial charge is 0.413 e. The van der Waals surface area contributed by atoms with Crippen LogP contribution >= 0.6 is 0 Å². The third-order valence-electron chi connectivity index (χ3n) is 13.5. The zero-order valence-electron chi connectivity index (χ0n) is 46.0. The van der Waals surface area contributed by atoms with E-state index in [2.05, 4.69) is 25.3 Å². The Morgan fingerprint density at radius 1 is 0.400 bits per heavy atom. The van der Waals surface area contributed by atoms with Crippen molar-refractivity contribution in [3.05, 3.63) is 120 Å². The Hall–Kier alpha value is -8.96. The lowest BCUT2D eigenvalue weighted by atomic mass is 9.94. The summed E-state index contributed by atoms with van der Waals surface area (Å²) in [6, 6.07) is 8.95. The van der Waals surface area contributed by atoms with Crippen LogP contribution in [0.25, 0.3) is 0 Å². The highest BCUT2D eigenvalue weighted by molar-refractivity contribution is 5.86. The fourth-order valence-corrected chi connectivity index (χ4v) is 9.40. The van der Waals surface area contributed by atoms with Crippen molar-refractivity contribution in [3.8, 4) is 0 Å². The number of H-pyrrole nitrogens is 4. The van der Waals surface area contributed by atoms with Gasteiger partial charge in [-0.25, -0.2) is 4.79 Å². The second kappa shape index (κ2) is 30.3. The maximum atomic E-state index is 13.5. The number of esters is 8. The molecule has 1 aromatic carbocycles.